The zero-order chi connectivity index (χ0) is 23.4. The summed E-state index contributed by atoms with van der Waals surface area (Å²) in [5.74, 6) is -4.16. The number of pyridine rings is 1. The first kappa shape index (κ1) is 21.8. The first-order chi connectivity index (χ1) is 15.7. The molecule has 1 atom stereocenters. The Kier molecular flexibility index (Phi) is 5.33. The van der Waals surface area contributed by atoms with Crippen molar-refractivity contribution < 1.29 is 23.1 Å². The Labute approximate surface area is 191 Å². The topological polar surface area (TPSA) is 74.6 Å². The maximum atomic E-state index is 15.2. The van der Waals surface area contributed by atoms with Crippen molar-refractivity contribution in [2.45, 2.75) is 31.3 Å². The number of benzene rings is 2. The van der Waals surface area contributed by atoms with Gasteiger partial charge in [-0.25, -0.2) is 18.0 Å². The number of fused-ring (bicyclic) bond motifs is 1. The van der Waals surface area contributed by atoms with Crippen LogP contribution in [-0.2, 0) is 0 Å². The van der Waals surface area contributed by atoms with Crippen molar-refractivity contribution in [1.29, 1.82) is 0 Å². The zero-order valence-electron chi connectivity index (χ0n) is 17.2. The molecule has 1 aromatic heterocycles. The average Bonchev–Trinajstić information content (AvgIpc) is 3.45. The van der Waals surface area contributed by atoms with E-state index >= 15 is 4.39 Å². The predicted molar refractivity (Wildman–Crippen MR) is 118 cm³/mol. The van der Waals surface area contributed by atoms with Crippen molar-refractivity contribution in [2.75, 3.05) is 18.0 Å². The Morgan fingerprint density at radius 1 is 1.09 bits per heavy atom. The van der Waals surface area contributed by atoms with Crippen LogP contribution in [0.3, 0.4) is 0 Å². The van der Waals surface area contributed by atoms with Gasteiger partial charge in [0.25, 0.3) is 0 Å². The van der Waals surface area contributed by atoms with Gasteiger partial charge in [0.1, 0.15) is 23.0 Å². The van der Waals surface area contributed by atoms with Gasteiger partial charge in [-0.05, 0) is 37.5 Å². The fourth-order valence-corrected chi connectivity index (χ4v) is 4.80. The van der Waals surface area contributed by atoms with Crippen LogP contribution in [0.25, 0.3) is 16.6 Å². The summed E-state index contributed by atoms with van der Waals surface area (Å²) in [5.41, 5.74) is -1.85. The molecule has 10 heteroatoms. The summed E-state index contributed by atoms with van der Waals surface area (Å²) >= 11 is 6.63. The Morgan fingerprint density at radius 3 is 2.52 bits per heavy atom. The Hall–Kier alpha value is -3.04. The third-order valence-electron chi connectivity index (χ3n) is 6.11. The number of rotatable bonds is 5. The molecule has 2 N–H and O–H groups in total. The van der Waals surface area contributed by atoms with Gasteiger partial charge in [-0.15, -0.1) is 0 Å². The summed E-state index contributed by atoms with van der Waals surface area (Å²) in [7, 11) is 0. The minimum atomic E-state index is -1.56. The van der Waals surface area contributed by atoms with Gasteiger partial charge in [-0.1, -0.05) is 11.6 Å². The number of aromatic carboxylic acids is 1. The average molecular weight is 478 g/mol. The summed E-state index contributed by atoms with van der Waals surface area (Å²) in [6.07, 6.45) is 3.94. The molecule has 5 rings (SSSR count). The van der Waals surface area contributed by atoms with Gasteiger partial charge in [0, 0.05) is 37.4 Å². The zero-order valence-corrected chi connectivity index (χ0v) is 18.0. The van der Waals surface area contributed by atoms with E-state index in [1.165, 1.54) is 0 Å². The molecule has 3 aromatic rings. The highest BCUT2D eigenvalue weighted by molar-refractivity contribution is 6.38. The molecular weight excluding hydrogens is 459 g/mol. The molecule has 0 radical (unpaired) electrons. The fourth-order valence-electron chi connectivity index (χ4n) is 4.40. The van der Waals surface area contributed by atoms with E-state index in [0.29, 0.717) is 25.2 Å². The van der Waals surface area contributed by atoms with E-state index in [1.807, 2.05) is 0 Å². The van der Waals surface area contributed by atoms with Crippen LogP contribution in [0.5, 0.6) is 0 Å². The molecule has 2 heterocycles. The molecule has 1 aliphatic carbocycles. The Morgan fingerprint density at radius 2 is 1.85 bits per heavy atom. The summed E-state index contributed by atoms with van der Waals surface area (Å²) in [5, 5.41) is 12.5. The molecule has 6 nitrogen and oxygen atoms in total. The molecule has 2 aromatic carbocycles. The lowest BCUT2D eigenvalue weighted by Gasteiger charge is -2.23. The number of hydrogen-bond acceptors (Lipinski definition) is 4. The molecule has 172 valence electrons. The highest BCUT2D eigenvalue weighted by Crippen LogP contribution is 2.38. The number of halogens is 4. The second kappa shape index (κ2) is 8.07. The molecule has 0 amide bonds. The minimum absolute atomic E-state index is 0.0489. The number of anilines is 1. The van der Waals surface area contributed by atoms with Crippen molar-refractivity contribution in [1.82, 2.24) is 9.88 Å². The van der Waals surface area contributed by atoms with Crippen molar-refractivity contribution >= 4 is 34.2 Å². The van der Waals surface area contributed by atoms with Gasteiger partial charge in [-0.3, -0.25) is 4.79 Å². The maximum absolute atomic E-state index is 15.2. The minimum Gasteiger partial charge on any atom is -0.477 e. The Bertz CT molecular complexity index is 1360. The van der Waals surface area contributed by atoms with Crippen LogP contribution in [0.15, 0.2) is 35.3 Å². The number of hydrogen-bond donors (Lipinski definition) is 2. The van der Waals surface area contributed by atoms with Crippen LogP contribution >= 0.6 is 11.6 Å². The number of nitrogens with zero attached hydrogens (tertiary/aromatic N) is 2. The molecular formula is C23H19ClF3N3O3. The third kappa shape index (κ3) is 3.85. The van der Waals surface area contributed by atoms with Crippen LogP contribution < -0.4 is 15.6 Å². The van der Waals surface area contributed by atoms with E-state index in [0.717, 1.165) is 48.2 Å². The molecule has 2 fully saturated rings. The number of carbonyl (C=O) groups is 1. The smallest absolute Gasteiger partial charge is 0.341 e. The highest BCUT2D eigenvalue weighted by atomic mass is 35.5. The highest BCUT2D eigenvalue weighted by Gasteiger charge is 2.32. The van der Waals surface area contributed by atoms with Crippen LogP contribution in [0, 0.1) is 17.5 Å². The van der Waals surface area contributed by atoms with E-state index in [-0.39, 0.29) is 33.3 Å². The van der Waals surface area contributed by atoms with Gasteiger partial charge >= 0.3 is 5.97 Å². The van der Waals surface area contributed by atoms with E-state index in [2.05, 4.69) is 5.32 Å². The van der Waals surface area contributed by atoms with Gasteiger partial charge in [0.05, 0.1) is 27.3 Å². The lowest BCUT2D eigenvalue weighted by Crippen LogP contribution is -2.34. The van der Waals surface area contributed by atoms with E-state index in [4.69, 9.17) is 11.6 Å². The van der Waals surface area contributed by atoms with E-state index < -0.39 is 34.4 Å². The predicted octanol–water partition coefficient (Wildman–Crippen LogP) is 4.09. The van der Waals surface area contributed by atoms with Gasteiger partial charge in [0.15, 0.2) is 0 Å². The fraction of sp³-hybridized carbons (Fsp3) is 0.304. The summed E-state index contributed by atoms with van der Waals surface area (Å²) in [6.45, 7) is 1.02. The standard InChI is InChI=1S/C23H19ClF3N3O3/c24-19-20-14(8-17(27)21(19)29-6-5-13(9-29)28-12-2-3-12)22(31)15(23(32)33)10-30(20)18-4-1-11(25)7-16(18)26/h1,4,7-8,10,12-13,28H,2-3,5-6,9H2,(H,32,33). The Balaban J connectivity index is 1.73. The summed E-state index contributed by atoms with van der Waals surface area (Å²) in [4.78, 5) is 26.2. The molecule has 1 aliphatic heterocycles. The van der Waals surface area contributed by atoms with Crippen molar-refractivity contribution in [2.24, 2.45) is 0 Å². The second-order valence-corrected chi connectivity index (χ2v) is 8.81. The first-order valence-electron chi connectivity index (χ1n) is 10.5. The number of nitrogens with one attached hydrogen (secondary N) is 1. The molecule has 1 unspecified atom stereocenters. The monoisotopic (exact) mass is 477 g/mol. The summed E-state index contributed by atoms with van der Waals surface area (Å²) < 4.78 is 44.5. The van der Waals surface area contributed by atoms with Crippen molar-refractivity contribution in [3.8, 4) is 5.69 Å². The normalized spacial score (nSPS) is 18.3. The quantitative estimate of drug-likeness (QED) is 0.579. The molecule has 1 saturated carbocycles. The van der Waals surface area contributed by atoms with Gasteiger partial charge in [-0.2, -0.15) is 0 Å². The molecule has 1 saturated heterocycles. The number of aromatic nitrogens is 1. The SMILES string of the molecule is O=C(O)c1cn(-c2ccc(F)cc2F)c2c(Cl)c(N3CCC(NC4CC4)C3)c(F)cc2c1=O. The first-order valence-corrected chi connectivity index (χ1v) is 10.9. The molecule has 0 bridgehead atoms. The van der Waals surface area contributed by atoms with Crippen LogP contribution in [-0.4, -0.2) is 40.8 Å². The maximum Gasteiger partial charge on any atom is 0.341 e. The van der Waals surface area contributed by atoms with Gasteiger partial charge in [0.2, 0.25) is 5.43 Å². The van der Waals surface area contributed by atoms with Crippen molar-refractivity contribution in [3.05, 3.63) is 68.7 Å². The molecule has 0 spiro atoms. The number of carboxylic acid groups (broad SMARTS) is 1. The van der Waals surface area contributed by atoms with Crippen molar-refractivity contribution in [3.63, 3.8) is 0 Å². The van der Waals surface area contributed by atoms with Gasteiger partial charge < -0.3 is 19.9 Å². The summed E-state index contributed by atoms with van der Waals surface area (Å²) in [6, 6.07) is 4.31. The second-order valence-electron chi connectivity index (χ2n) is 8.43. The van der Waals surface area contributed by atoms with Crippen LogP contribution in [0.2, 0.25) is 5.02 Å². The number of carboxylic acids is 1. The van der Waals surface area contributed by atoms with E-state index in [9.17, 15) is 23.5 Å². The third-order valence-corrected chi connectivity index (χ3v) is 6.47. The molecule has 33 heavy (non-hydrogen) atoms. The van der Waals surface area contributed by atoms with Crippen LogP contribution in [0.4, 0.5) is 18.9 Å². The lowest BCUT2D eigenvalue weighted by atomic mass is 10.1. The molecule has 2 aliphatic rings. The van der Waals surface area contributed by atoms with E-state index in [1.54, 1.807) is 4.90 Å². The lowest BCUT2D eigenvalue weighted by molar-refractivity contribution is 0.0695. The largest absolute Gasteiger partial charge is 0.477 e. The van der Waals surface area contributed by atoms with Crippen LogP contribution in [0.1, 0.15) is 29.6 Å².